The molecule has 1 atom stereocenters. The van der Waals surface area contributed by atoms with Crippen molar-refractivity contribution in [3.63, 3.8) is 0 Å². The number of hydrogen-bond acceptors (Lipinski definition) is 3. The highest BCUT2D eigenvalue weighted by molar-refractivity contribution is 5.82. The zero-order chi connectivity index (χ0) is 9.68. The van der Waals surface area contributed by atoms with Crippen LogP contribution in [-0.2, 0) is 9.53 Å². The van der Waals surface area contributed by atoms with Crippen LogP contribution in [0.15, 0.2) is 11.6 Å². The van der Waals surface area contributed by atoms with E-state index in [2.05, 4.69) is 12.2 Å². The minimum absolute atomic E-state index is 0.203. The van der Waals surface area contributed by atoms with Crippen LogP contribution in [-0.4, -0.2) is 25.7 Å². The fourth-order valence-corrected chi connectivity index (χ4v) is 1.48. The topological polar surface area (TPSA) is 38.3 Å². The van der Waals surface area contributed by atoms with Crippen LogP contribution in [0.4, 0.5) is 0 Å². The van der Waals surface area contributed by atoms with E-state index in [9.17, 15) is 4.79 Å². The van der Waals surface area contributed by atoms with Gasteiger partial charge in [0.05, 0.1) is 6.61 Å². The summed E-state index contributed by atoms with van der Waals surface area (Å²) in [6, 6.07) is 0. The first-order valence-corrected chi connectivity index (χ1v) is 4.82. The van der Waals surface area contributed by atoms with E-state index in [1.807, 2.05) is 6.92 Å². The number of hydrogen-bond donors (Lipinski definition) is 1. The summed E-state index contributed by atoms with van der Waals surface area (Å²) in [5.41, 5.74) is 1.21. The number of rotatable bonds is 2. The van der Waals surface area contributed by atoms with Crippen molar-refractivity contribution in [3.8, 4) is 0 Å². The summed E-state index contributed by atoms with van der Waals surface area (Å²) >= 11 is 0. The second-order valence-corrected chi connectivity index (χ2v) is 3.33. The summed E-state index contributed by atoms with van der Waals surface area (Å²) in [6.45, 7) is 6.33. The molecule has 1 N–H and O–H groups in total. The number of ether oxygens (including phenoxy) is 1. The highest BCUT2D eigenvalue weighted by Gasteiger charge is 2.14. The van der Waals surface area contributed by atoms with Crippen molar-refractivity contribution in [3.05, 3.63) is 11.6 Å². The van der Waals surface area contributed by atoms with Crippen LogP contribution >= 0.6 is 0 Å². The molecule has 1 fully saturated rings. The van der Waals surface area contributed by atoms with Crippen molar-refractivity contribution in [2.75, 3.05) is 19.7 Å². The Labute approximate surface area is 79.2 Å². The molecule has 1 heterocycles. The van der Waals surface area contributed by atoms with Gasteiger partial charge in [-0.1, -0.05) is 12.5 Å². The molecule has 0 amide bonds. The number of carbonyl (C=O) groups is 1. The van der Waals surface area contributed by atoms with E-state index in [4.69, 9.17) is 4.74 Å². The number of piperidine rings is 1. The molecule has 0 saturated carbocycles. The van der Waals surface area contributed by atoms with Crippen molar-refractivity contribution in [1.29, 1.82) is 0 Å². The van der Waals surface area contributed by atoms with Crippen LogP contribution < -0.4 is 5.32 Å². The zero-order valence-corrected chi connectivity index (χ0v) is 8.30. The number of carbonyl (C=O) groups excluding carboxylic acids is 1. The van der Waals surface area contributed by atoms with Gasteiger partial charge >= 0.3 is 5.97 Å². The summed E-state index contributed by atoms with van der Waals surface area (Å²) < 4.78 is 4.86. The second-order valence-electron chi connectivity index (χ2n) is 3.33. The van der Waals surface area contributed by atoms with Gasteiger partial charge in [-0.05, 0) is 25.8 Å². The Morgan fingerprint density at radius 3 is 3.15 bits per heavy atom. The molecule has 1 aliphatic heterocycles. The fraction of sp³-hybridized carbons (Fsp3) is 0.700. The normalized spacial score (nSPS) is 26.0. The van der Waals surface area contributed by atoms with Gasteiger partial charge in [-0.25, -0.2) is 4.79 Å². The molecule has 1 unspecified atom stereocenters. The monoisotopic (exact) mass is 183 g/mol. The third-order valence-corrected chi connectivity index (χ3v) is 2.26. The third kappa shape index (κ3) is 3.19. The van der Waals surface area contributed by atoms with E-state index in [-0.39, 0.29) is 5.97 Å². The molecule has 0 radical (unpaired) electrons. The van der Waals surface area contributed by atoms with Crippen molar-refractivity contribution in [1.82, 2.24) is 5.32 Å². The summed E-state index contributed by atoms with van der Waals surface area (Å²) in [5.74, 6) is 0.254. The van der Waals surface area contributed by atoms with E-state index in [0.29, 0.717) is 12.5 Å². The Balaban J connectivity index is 2.52. The molecule has 0 spiro atoms. The maximum Gasteiger partial charge on any atom is 0.330 e. The van der Waals surface area contributed by atoms with Gasteiger partial charge < -0.3 is 10.1 Å². The molecule has 3 nitrogen and oxygen atoms in total. The van der Waals surface area contributed by atoms with Gasteiger partial charge in [0, 0.05) is 12.6 Å². The van der Waals surface area contributed by atoms with E-state index in [1.165, 1.54) is 5.57 Å². The fourth-order valence-electron chi connectivity index (χ4n) is 1.48. The van der Waals surface area contributed by atoms with E-state index in [1.54, 1.807) is 6.08 Å². The lowest BCUT2D eigenvalue weighted by molar-refractivity contribution is -0.137. The van der Waals surface area contributed by atoms with Gasteiger partial charge in [-0.2, -0.15) is 0 Å². The minimum Gasteiger partial charge on any atom is -0.463 e. The standard InChI is InChI=1S/C10H17NO2/c1-3-13-10(12)6-9-4-5-11-7-8(9)2/h6,8,11H,3-5,7H2,1-2H3/b9-6+. The van der Waals surface area contributed by atoms with Crippen LogP contribution in [0.3, 0.4) is 0 Å². The van der Waals surface area contributed by atoms with Crippen molar-refractivity contribution < 1.29 is 9.53 Å². The Morgan fingerprint density at radius 1 is 1.77 bits per heavy atom. The maximum atomic E-state index is 11.1. The number of nitrogens with one attached hydrogen (secondary N) is 1. The molecule has 0 aliphatic carbocycles. The van der Waals surface area contributed by atoms with Gasteiger partial charge in [-0.3, -0.25) is 0 Å². The molecule has 3 heteroatoms. The highest BCUT2D eigenvalue weighted by Crippen LogP contribution is 2.16. The van der Waals surface area contributed by atoms with Crippen molar-refractivity contribution in [2.24, 2.45) is 5.92 Å². The van der Waals surface area contributed by atoms with Gasteiger partial charge in [0.2, 0.25) is 0 Å². The second kappa shape index (κ2) is 5.02. The predicted octanol–water partition coefficient (Wildman–Crippen LogP) is 1.11. The van der Waals surface area contributed by atoms with Gasteiger partial charge in [0.15, 0.2) is 0 Å². The first-order valence-electron chi connectivity index (χ1n) is 4.82. The maximum absolute atomic E-state index is 11.1. The van der Waals surface area contributed by atoms with Gasteiger partial charge in [0.1, 0.15) is 0 Å². The first kappa shape index (κ1) is 10.3. The van der Waals surface area contributed by atoms with Gasteiger partial charge in [-0.15, -0.1) is 0 Å². The van der Waals surface area contributed by atoms with Crippen LogP contribution in [0, 0.1) is 5.92 Å². The molecule has 1 saturated heterocycles. The van der Waals surface area contributed by atoms with E-state index >= 15 is 0 Å². The van der Waals surface area contributed by atoms with E-state index in [0.717, 1.165) is 19.5 Å². The van der Waals surface area contributed by atoms with Crippen molar-refractivity contribution in [2.45, 2.75) is 20.3 Å². The largest absolute Gasteiger partial charge is 0.463 e. The molecule has 0 bridgehead atoms. The Kier molecular flexibility index (Phi) is 3.96. The summed E-state index contributed by atoms with van der Waals surface area (Å²) in [7, 11) is 0. The van der Waals surface area contributed by atoms with Crippen LogP contribution in [0.5, 0.6) is 0 Å². The quantitative estimate of drug-likeness (QED) is 0.514. The molecule has 13 heavy (non-hydrogen) atoms. The molecule has 1 rings (SSSR count). The summed E-state index contributed by atoms with van der Waals surface area (Å²) in [4.78, 5) is 11.1. The molecule has 0 aromatic heterocycles. The minimum atomic E-state index is -0.203. The van der Waals surface area contributed by atoms with Crippen LogP contribution in [0.2, 0.25) is 0 Å². The molecule has 1 aliphatic rings. The van der Waals surface area contributed by atoms with Crippen molar-refractivity contribution >= 4 is 5.97 Å². The van der Waals surface area contributed by atoms with Crippen LogP contribution in [0.25, 0.3) is 0 Å². The Bertz CT molecular complexity index is 211. The highest BCUT2D eigenvalue weighted by atomic mass is 16.5. The molecular formula is C10H17NO2. The predicted molar refractivity (Wildman–Crippen MR) is 51.4 cm³/mol. The number of esters is 1. The van der Waals surface area contributed by atoms with Gasteiger partial charge in [0.25, 0.3) is 0 Å². The molecular weight excluding hydrogens is 166 g/mol. The lowest BCUT2D eigenvalue weighted by atomic mass is 9.94. The lowest BCUT2D eigenvalue weighted by Crippen LogP contribution is -2.30. The first-order chi connectivity index (χ1) is 6.24. The molecule has 74 valence electrons. The SMILES string of the molecule is CCOC(=O)/C=C1\CCNCC1C. The Hall–Kier alpha value is -0.830. The Morgan fingerprint density at radius 2 is 2.54 bits per heavy atom. The average molecular weight is 183 g/mol. The smallest absolute Gasteiger partial charge is 0.330 e. The molecule has 0 aromatic carbocycles. The summed E-state index contributed by atoms with van der Waals surface area (Å²) in [6.07, 6.45) is 2.61. The average Bonchev–Trinajstić information content (AvgIpc) is 2.09. The zero-order valence-electron chi connectivity index (χ0n) is 8.30. The lowest BCUT2D eigenvalue weighted by Gasteiger charge is -2.22. The summed E-state index contributed by atoms with van der Waals surface area (Å²) in [5, 5.41) is 3.28. The van der Waals surface area contributed by atoms with Crippen LogP contribution in [0.1, 0.15) is 20.3 Å². The molecule has 0 aromatic rings. The third-order valence-electron chi connectivity index (χ3n) is 2.26. The van der Waals surface area contributed by atoms with E-state index < -0.39 is 0 Å².